The number of hydrogen-bond donors (Lipinski definition) is 2. The molecule has 8 nitrogen and oxygen atoms in total. The van der Waals surface area contributed by atoms with Crippen LogP contribution in [0.3, 0.4) is 0 Å². The third-order valence-corrected chi connectivity index (χ3v) is 7.73. The zero-order chi connectivity index (χ0) is 24.6. The summed E-state index contributed by atoms with van der Waals surface area (Å²) in [6, 6.07) is 6.53. The second kappa shape index (κ2) is 12.3. The van der Waals surface area contributed by atoms with Crippen LogP contribution in [0.25, 0.3) is 0 Å². The minimum Gasteiger partial charge on any atom is -0.462 e. The van der Waals surface area contributed by atoms with Crippen LogP contribution in [0.1, 0.15) is 64.4 Å². The number of benzene rings is 1. The summed E-state index contributed by atoms with van der Waals surface area (Å²) in [5.74, 6) is -0.139. The van der Waals surface area contributed by atoms with Crippen molar-refractivity contribution in [2.75, 3.05) is 34.1 Å². The van der Waals surface area contributed by atoms with Crippen molar-refractivity contribution in [3.8, 4) is 5.75 Å². The summed E-state index contributed by atoms with van der Waals surface area (Å²) in [5.41, 5.74) is 0.285. The summed E-state index contributed by atoms with van der Waals surface area (Å²) in [7, 11) is 1.92. The first-order valence-electron chi connectivity index (χ1n) is 11.7. The molecule has 0 saturated heterocycles. The van der Waals surface area contributed by atoms with Gasteiger partial charge in [-0.25, -0.2) is 5.09 Å². The average Bonchev–Trinajstić information content (AvgIpc) is 2.72. The van der Waals surface area contributed by atoms with Crippen molar-refractivity contribution >= 4 is 13.5 Å². The van der Waals surface area contributed by atoms with E-state index in [0.717, 1.165) is 44.2 Å². The Hall–Kier alpha value is -1.44. The van der Waals surface area contributed by atoms with Gasteiger partial charge in [0.25, 0.3) is 0 Å². The summed E-state index contributed by atoms with van der Waals surface area (Å²) in [4.78, 5) is 14.2. The summed E-state index contributed by atoms with van der Waals surface area (Å²) in [6.07, 6.45) is 4.34. The van der Waals surface area contributed by atoms with E-state index in [0.29, 0.717) is 5.75 Å². The molecule has 1 aromatic carbocycles. The van der Waals surface area contributed by atoms with E-state index in [1.807, 2.05) is 26.2 Å². The van der Waals surface area contributed by atoms with Crippen LogP contribution < -0.4 is 9.61 Å². The van der Waals surface area contributed by atoms with E-state index in [4.69, 9.17) is 14.0 Å². The maximum Gasteiger partial charge on any atom is 0.342 e. The Morgan fingerprint density at radius 3 is 2.27 bits per heavy atom. The maximum atomic E-state index is 13.3. The lowest BCUT2D eigenvalue weighted by atomic mass is 9.72. The molecule has 0 spiro atoms. The summed E-state index contributed by atoms with van der Waals surface area (Å²) < 4.78 is 29.4. The molecule has 188 valence electrons. The zero-order valence-corrected chi connectivity index (χ0v) is 21.8. The van der Waals surface area contributed by atoms with E-state index >= 15 is 0 Å². The van der Waals surface area contributed by atoms with Gasteiger partial charge in [-0.3, -0.25) is 9.36 Å². The average molecular weight is 485 g/mol. The zero-order valence-electron chi connectivity index (χ0n) is 20.9. The Balaban J connectivity index is 2.18. The van der Waals surface area contributed by atoms with Gasteiger partial charge in [-0.1, -0.05) is 31.4 Å². The fourth-order valence-corrected chi connectivity index (χ4v) is 6.01. The van der Waals surface area contributed by atoms with Crippen LogP contribution >= 0.6 is 7.52 Å². The van der Waals surface area contributed by atoms with Gasteiger partial charge < -0.3 is 24.0 Å². The SMILES string of the molecule is COCP(=O)(N[C@@H](C)C(=O)OC(C)C)Oc1ccc(C(CN(C)C)C2(O)CCCCC2)cc1. The van der Waals surface area contributed by atoms with Gasteiger partial charge in [0.1, 0.15) is 18.1 Å². The molecule has 1 saturated carbocycles. The van der Waals surface area contributed by atoms with Gasteiger partial charge >= 0.3 is 13.5 Å². The van der Waals surface area contributed by atoms with Crippen molar-refractivity contribution in [2.45, 2.75) is 76.5 Å². The number of hydrogen-bond acceptors (Lipinski definition) is 7. The number of likely N-dealkylation sites (N-methyl/N-ethyl adjacent to an activating group) is 1. The minimum absolute atomic E-state index is 0.0309. The summed E-state index contributed by atoms with van der Waals surface area (Å²) in [5, 5.41) is 14.2. The molecule has 1 aromatic rings. The van der Waals surface area contributed by atoms with Crippen molar-refractivity contribution in [3.05, 3.63) is 29.8 Å². The third kappa shape index (κ3) is 8.37. The van der Waals surface area contributed by atoms with Crippen LogP contribution in [0.5, 0.6) is 5.75 Å². The first-order valence-corrected chi connectivity index (χ1v) is 13.5. The number of rotatable bonds is 12. The lowest BCUT2D eigenvalue weighted by Crippen LogP contribution is -2.42. The van der Waals surface area contributed by atoms with E-state index < -0.39 is 25.1 Å². The predicted molar refractivity (Wildman–Crippen MR) is 130 cm³/mol. The first kappa shape index (κ1) is 27.8. The fraction of sp³-hybridized carbons (Fsp3) is 0.708. The molecule has 2 rings (SSSR count). The molecule has 0 aliphatic heterocycles. The van der Waals surface area contributed by atoms with Gasteiger partial charge in [0.05, 0.1) is 11.7 Å². The largest absolute Gasteiger partial charge is 0.462 e. The van der Waals surface area contributed by atoms with Crippen molar-refractivity contribution in [1.29, 1.82) is 0 Å². The molecule has 33 heavy (non-hydrogen) atoms. The highest BCUT2D eigenvalue weighted by Gasteiger charge is 2.39. The molecular weight excluding hydrogens is 443 g/mol. The number of carbonyl (C=O) groups is 1. The Morgan fingerprint density at radius 2 is 1.76 bits per heavy atom. The van der Waals surface area contributed by atoms with Crippen LogP contribution in [-0.4, -0.2) is 67.8 Å². The monoisotopic (exact) mass is 484 g/mol. The molecule has 0 heterocycles. The van der Waals surface area contributed by atoms with Crippen molar-refractivity contribution in [2.24, 2.45) is 0 Å². The second-order valence-corrected chi connectivity index (χ2v) is 11.6. The Labute approximate surface area is 198 Å². The van der Waals surface area contributed by atoms with Crippen LogP contribution in [0.2, 0.25) is 0 Å². The highest BCUT2D eigenvalue weighted by atomic mass is 31.2. The van der Waals surface area contributed by atoms with E-state index in [1.54, 1.807) is 32.9 Å². The van der Waals surface area contributed by atoms with Crippen LogP contribution in [0, 0.1) is 0 Å². The lowest BCUT2D eigenvalue weighted by Gasteiger charge is -2.41. The number of nitrogens with zero attached hydrogens (tertiary/aromatic N) is 1. The Morgan fingerprint density at radius 1 is 1.15 bits per heavy atom. The molecule has 0 amide bonds. The summed E-state index contributed by atoms with van der Waals surface area (Å²) in [6.45, 7) is 5.82. The van der Waals surface area contributed by atoms with E-state index in [-0.39, 0.29) is 18.4 Å². The van der Waals surface area contributed by atoms with Crippen LogP contribution in [-0.2, 0) is 18.8 Å². The van der Waals surface area contributed by atoms with Gasteiger partial charge in [-0.15, -0.1) is 0 Å². The predicted octanol–water partition coefficient (Wildman–Crippen LogP) is 4.13. The minimum atomic E-state index is -3.53. The number of carbonyl (C=O) groups excluding carboxylic acids is 1. The first-order chi connectivity index (χ1) is 15.5. The highest BCUT2D eigenvalue weighted by Crippen LogP contribution is 2.45. The smallest absolute Gasteiger partial charge is 0.342 e. The number of ether oxygens (including phenoxy) is 2. The molecule has 1 aliphatic rings. The molecule has 0 bridgehead atoms. The third-order valence-electron chi connectivity index (χ3n) is 5.85. The van der Waals surface area contributed by atoms with E-state index in [9.17, 15) is 14.5 Å². The highest BCUT2D eigenvalue weighted by molar-refractivity contribution is 7.57. The molecule has 0 radical (unpaired) electrons. The van der Waals surface area contributed by atoms with Gasteiger partial charge in [0.2, 0.25) is 0 Å². The van der Waals surface area contributed by atoms with Gasteiger partial charge in [0.15, 0.2) is 0 Å². The van der Waals surface area contributed by atoms with Crippen molar-refractivity contribution in [3.63, 3.8) is 0 Å². The normalized spacial score (nSPS) is 19.7. The van der Waals surface area contributed by atoms with Crippen LogP contribution in [0.4, 0.5) is 0 Å². The number of aliphatic hydroxyl groups is 1. The van der Waals surface area contributed by atoms with Crippen molar-refractivity contribution < 1.29 is 28.5 Å². The van der Waals surface area contributed by atoms with Crippen molar-refractivity contribution in [1.82, 2.24) is 9.99 Å². The number of methoxy groups -OCH3 is 1. The molecule has 2 N–H and O–H groups in total. The summed E-state index contributed by atoms with van der Waals surface area (Å²) >= 11 is 0. The Bertz CT molecular complexity index is 793. The van der Waals surface area contributed by atoms with Gasteiger partial charge in [0, 0.05) is 19.6 Å². The standard InChI is InChI=1S/C24H41N2O6P/c1-18(2)31-23(27)19(3)25-33(29,17-30-6)32-21-12-10-20(11-13-21)22(16-26(4)5)24(28)14-8-7-9-15-24/h10-13,18-19,22,28H,7-9,14-17H2,1-6H3,(H,25,29)/t19-,22?,33?/m0/s1. The maximum absolute atomic E-state index is 13.3. The molecule has 1 aliphatic carbocycles. The second-order valence-electron chi connectivity index (χ2n) is 9.57. The number of nitrogens with one attached hydrogen (secondary N) is 1. The van der Waals surface area contributed by atoms with E-state index in [2.05, 4.69) is 9.99 Å². The molecule has 9 heteroatoms. The van der Waals surface area contributed by atoms with Crippen LogP contribution in [0.15, 0.2) is 24.3 Å². The Kier molecular flexibility index (Phi) is 10.4. The molecule has 3 atom stereocenters. The topological polar surface area (TPSA) is 97.3 Å². The lowest BCUT2D eigenvalue weighted by molar-refractivity contribution is -0.149. The van der Waals surface area contributed by atoms with E-state index in [1.165, 1.54) is 7.11 Å². The molecule has 0 aromatic heterocycles. The quantitative estimate of drug-likeness (QED) is 0.338. The van der Waals surface area contributed by atoms with Gasteiger partial charge in [-0.2, -0.15) is 0 Å². The molecule has 1 fully saturated rings. The van der Waals surface area contributed by atoms with Gasteiger partial charge in [-0.05, 0) is 65.4 Å². The fourth-order valence-electron chi connectivity index (χ4n) is 4.34. The molecular formula is C24H41N2O6P. The number of esters is 1. The molecule has 2 unspecified atom stereocenters.